The first kappa shape index (κ1) is 17.7. The van der Waals surface area contributed by atoms with Crippen molar-refractivity contribution >= 4 is 40.2 Å². The number of aldehydes is 1. The van der Waals surface area contributed by atoms with E-state index < -0.39 is 0 Å². The highest BCUT2D eigenvalue weighted by Gasteiger charge is 2.25. The molecule has 0 radical (unpaired) electrons. The number of nitrogens with zero attached hydrogens (tertiary/aromatic N) is 1. The SMILES string of the molecule is Cc1ccc(C(=O)c2c(I)c(-c3ccccc3)n3cccc(C=O)c23)cc1. The van der Waals surface area contributed by atoms with Crippen molar-refractivity contribution in [2.24, 2.45) is 0 Å². The van der Waals surface area contributed by atoms with Crippen LogP contribution in [-0.4, -0.2) is 16.5 Å². The summed E-state index contributed by atoms with van der Waals surface area (Å²) >= 11 is 2.22. The lowest BCUT2D eigenvalue weighted by Crippen LogP contribution is -2.04. The lowest BCUT2D eigenvalue weighted by atomic mass is 10.0. The number of carbonyl (C=O) groups excluding carboxylic acids is 2. The molecule has 0 bridgehead atoms. The minimum absolute atomic E-state index is 0.0756. The number of hydrogen-bond donors (Lipinski definition) is 0. The predicted molar refractivity (Wildman–Crippen MR) is 116 cm³/mol. The molecule has 0 aliphatic carbocycles. The van der Waals surface area contributed by atoms with Crippen LogP contribution in [0, 0.1) is 10.5 Å². The fourth-order valence-electron chi connectivity index (χ4n) is 3.32. The number of hydrogen-bond acceptors (Lipinski definition) is 2. The summed E-state index contributed by atoms with van der Waals surface area (Å²) in [6, 6.07) is 21.0. The Morgan fingerprint density at radius 2 is 1.67 bits per heavy atom. The van der Waals surface area contributed by atoms with Gasteiger partial charge in [0.05, 0.1) is 20.3 Å². The van der Waals surface area contributed by atoms with Gasteiger partial charge in [-0.2, -0.15) is 0 Å². The Bertz CT molecular complexity index is 1160. The van der Waals surface area contributed by atoms with Gasteiger partial charge in [0, 0.05) is 17.3 Å². The monoisotopic (exact) mass is 465 g/mol. The van der Waals surface area contributed by atoms with E-state index >= 15 is 0 Å². The molecule has 0 saturated carbocycles. The minimum Gasteiger partial charge on any atom is -0.314 e. The van der Waals surface area contributed by atoms with Crippen LogP contribution in [0.15, 0.2) is 72.9 Å². The molecule has 0 spiro atoms. The van der Waals surface area contributed by atoms with Crippen molar-refractivity contribution < 1.29 is 9.59 Å². The molecule has 4 rings (SSSR count). The zero-order chi connectivity index (χ0) is 19.0. The number of fused-ring (bicyclic) bond motifs is 1. The number of carbonyl (C=O) groups is 2. The zero-order valence-corrected chi connectivity index (χ0v) is 16.8. The van der Waals surface area contributed by atoms with Crippen LogP contribution in [-0.2, 0) is 0 Å². The van der Waals surface area contributed by atoms with Gasteiger partial charge < -0.3 is 4.40 Å². The summed E-state index contributed by atoms with van der Waals surface area (Å²) in [5.41, 5.74) is 5.37. The van der Waals surface area contributed by atoms with Gasteiger partial charge in [0.25, 0.3) is 0 Å². The first-order valence-corrected chi connectivity index (χ1v) is 9.64. The number of aryl methyl sites for hydroxylation is 1. The molecule has 0 aliphatic rings. The fourth-order valence-corrected chi connectivity index (χ4v) is 4.39. The summed E-state index contributed by atoms with van der Waals surface area (Å²) in [7, 11) is 0. The van der Waals surface area contributed by atoms with Crippen molar-refractivity contribution in [3.63, 3.8) is 0 Å². The molecule has 0 atom stereocenters. The van der Waals surface area contributed by atoms with E-state index in [1.165, 1.54) is 0 Å². The highest BCUT2D eigenvalue weighted by atomic mass is 127. The molecule has 2 heterocycles. The van der Waals surface area contributed by atoms with Crippen molar-refractivity contribution in [3.05, 3.63) is 98.8 Å². The molecular weight excluding hydrogens is 449 g/mol. The second-order valence-electron chi connectivity index (χ2n) is 6.40. The van der Waals surface area contributed by atoms with Gasteiger partial charge in [0.15, 0.2) is 12.1 Å². The minimum atomic E-state index is -0.0756. The second kappa shape index (κ2) is 7.12. The van der Waals surface area contributed by atoms with Crippen LogP contribution in [0.1, 0.15) is 31.8 Å². The average Bonchev–Trinajstić information content (AvgIpc) is 3.00. The third kappa shape index (κ3) is 3.00. The van der Waals surface area contributed by atoms with Crippen LogP contribution in [0.4, 0.5) is 0 Å². The molecule has 27 heavy (non-hydrogen) atoms. The first-order chi connectivity index (χ1) is 13.1. The number of pyridine rings is 1. The normalized spacial score (nSPS) is 10.9. The third-order valence-corrected chi connectivity index (χ3v) is 5.70. The summed E-state index contributed by atoms with van der Waals surface area (Å²) in [4.78, 5) is 25.1. The molecule has 0 N–H and O–H groups in total. The van der Waals surface area contributed by atoms with Gasteiger partial charge in [-0.3, -0.25) is 9.59 Å². The van der Waals surface area contributed by atoms with Crippen LogP contribution < -0.4 is 0 Å². The van der Waals surface area contributed by atoms with Gasteiger partial charge in [0.2, 0.25) is 0 Å². The van der Waals surface area contributed by atoms with E-state index in [-0.39, 0.29) is 5.78 Å². The van der Waals surface area contributed by atoms with Crippen LogP contribution in [0.2, 0.25) is 0 Å². The van der Waals surface area contributed by atoms with Gasteiger partial charge in [-0.25, -0.2) is 0 Å². The van der Waals surface area contributed by atoms with Gasteiger partial charge in [-0.1, -0.05) is 60.2 Å². The van der Waals surface area contributed by atoms with E-state index in [9.17, 15) is 9.59 Å². The highest BCUT2D eigenvalue weighted by Crippen LogP contribution is 2.35. The summed E-state index contributed by atoms with van der Waals surface area (Å²) in [6.07, 6.45) is 2.71. The van der Waals surface area contributed by atoms with E-state index in [2.05, 4.69) is 22.6 Å². The van der Waals surface area contributed by atoms with Crippen LogP contribution in [0.25, 0.3) is 16.8 Å². The maximum absolute atomic E-state index is 13.4. The predicted octanol–water partition coefficient (Wildman–Crippen LogP) is 5.56. The van der Waals surface area contributed by atoms with Crippen molar-refractivity contribution in [2.45, 2.75) is 6.92 Å². The summed E-state index contributed by atoms with van der Waals surface area (Å²) < 4.78 is 2.79. The molecule has 2 aromatic carbocycles. The van der Waals surface area contributed by atoms with E-state index in [4.69, 9.17) is 0 Å². The average molecular weight is 465 g/mol. The second-order valence-corrected chi connectivity index (χ2v) is 7.48. The summed E-state index contributed by atoms with van der Waals surface area (Å²) in [6.45, 7) is 1.99. The summed E-state index contributed by atoms with van der Waals surface area (Å²) in [5.74, 6) is -0.0756. The number of benzene rings is 2. The Morgan fingerprint density at radius 1 is 0.963 bits per heavy atom. The largest absolute Gasteiger partial charge is 0.314 e. The number of aromatic nitrogens is 1. The van der Waals surface area contributed by atoms with Gasteiger partial charge in [-0.05, 0) is 47.2 Å². The van der Waals surface area contributed by atoms with Crippen LogP contribution >= 0.6 is 22.6 Å². The molecule has 0 aliphatic heterocycles. The molecule has 4 heteroatoms. The molecule has 0 amide bonds. The number of rotatable bonds is 4. The van der Waals surface area contributed by atoms with E-state index in [0.29, 0.717) is 22.2 Å². The highest BCUT2D eigenvalue weighted by molar-refractivity contribution is 14.1. The van der Waals surface area contributed by atoms with E-state index in [0.717, 1.165) is 26.7 Å². The number of ketones is 1. The van der Waals surface area contributed by atoms with Crippen molar-refractivity contribution in [1.82, 2.24) is 4.40 Å². The Labute approximate surface area is 170 Å². The lowest BCUT2D eigenvalue weighted by Gasteiger charge is -2.05. The Morgan fingerprint density at radius 3 is 2.33 bits per heavy atom. The van der Waals surface area contributed by atoms with E-state index in [1.807, 2.05) is 78.2 Å². The van der Waals surface area contributed by atoms with E-state index in [1.54, 1.807) is 6.07 Å². The van der Waals surface area contributed by atoms with Crippen molar-refractivity contribution in [2.75, 3.05) is 0 Å². The standard InChI is InChI=1S/C23H16INO2/c1-15-9-11-17(12-10-15)23(27)19-20(24)22(16-6-3-2-4-7-16)25-13-5-8-18(14-26)21(19)25/h2-14H,1H3. The Hall–Kier alpha value is -2.73. The topological polar surface area (TPSA) is 38.5 Å². The zero-order valence-electron chi connectivity index (χ0n) is 14.6. The molecular formula is C23H16INO2. The first-order valence-electron chi connectivity index (χ1n) is 8.56. The van der Waals surface area contributed by atoms with Gasteiger partial charge >= 0.3 is 0 Å². The summed E-state index contributed by atoms with van der Waals surface area (Å²) in [5, 5.41) is 0. The molecule has 0 unspecified atom stereocenters. The number of halogens is 1. The Balaban J connectivity index is 2.05. The van der Waals surface area contributed by atoms with Crippen molar-refractivity contribution in [1.29, 1.82) is 0 Å². The fraction of sp³-hybridized carbons (Fsp3) is 0.0435. The maximum Gasteiger partial charge on any atom is 0.196 e. The van der Waals surface area contributed by atoms with Crippen LogP contribution in [0.5, 0.6) is 0 Å². The third-order valence-electron chi connectivity index (χ3n) is 4.65. The van der Waals surface area contributed by atoms with Gasteiger partial charge in [0.1, 0.15) is 0 Å². The molecule has 0 fully saturated rings. The Kier molecular flexibility index (Phi) is 4.66. The quantitative estimate of drug-likeness (QED) is 0.225. The maximum atomic E-state index is 13.4. The molecule has 132 valence electrons. The smallest absolute Gasteiger partial charge is 0.196 e. The molecule has 0 saturated heterocycles. The van der Waals surface area contributed by atoms with Crippen LogP contribution in [0.3, 0.4) is 0 Å². The lowest BCUT2D eigenvalue weighted by molar-refractivity contribution is 0.103. The van der Waals surface area contributed by atoms with Gasteiger partial charge in [-0.15, -0.1) is 0 Å². The molecule has 2 aromatic heterocycles. The van der Waals surface area contributed by atoms with Crippen molar-refractivity contribution in [3.8, 4) is 11.3 Å². The molecule has 4 aromatic rings. The molecule has 3 nitrogen and oxygen atoms in total.